The number of nitrogens with zero attached hydrogens (tertiary/aromatic N) is 3. The molecule has 2 aromatic rings. The van der Waals surface area contributed by atoms with Crippen molar-refractivity contribution in [1.29, 1.82) is 0 Å². The van der Waals surface area contributed by atoms with Crippen molar-refractivity contribution in [3.05, 3.63) is 53.1 Å². The highest BCUT2D eigenvalue weighted by atomic mass is 16.2. The summed E-state index contributed by atoms with van der Waals surface area (Å²) in [5.41, 5.74) is 3.77. The van der Waals surface area contributed by atoms with Gasteiger partial charge in [0, 0.05) is 19.5 Å². The third kappa shape index (κ3) is 4.48. The number of aromatic nitrogens is 2. The molecule has 134 valence electrons. The van der Waals surface area contributed by atoms with E-state index in [1.807, 2.05) is 32.1 Å². The molecule has 1 aliphatic carbocycles. The lowest BCUT2D eigenvalue weighted by Crippen LogP contribution is -2.36. The summed E-state index contributed by atoms with van der Waals surface area (Å²) in [6, 6.07) is 8.55. The molecule has 0 saturated heterocycles. The molecule has 0 aliphatic heterocycles. The Morgan fingerprint density at radius 2 is 2.08 bits per heavy atom. The van der Waals surface area contributed by atoms with Crippen molar-refractivity contribution < 1.29 is 4.79 Å². The quantitative estimate of drug-likeness (QED) is 0.843. The topological polar surface area (TPSA) is 52.2 Å². The van der Waals surface area contributed by atoms with E-state index < -0.39 is 0 Å². The van der Waals surface area contributed by atoms with Crippen LogP contribution in [0, 0.1) is 6.92 Å². The summed E-state index contributed by atoms with van der Waals surface area (Å²) in [4.78, 5) is 24.6. The summed E-state index contributed by atoms with van der Waals surface area (Å²) in [7, 11) is 4.08. The summed E-state index contributed by atoms with van der Waals surface area (Å²) in [5.74, 6) is 1.48. The lowest BCUT2D eigenvalue weighted by atomic mass is 9.97. The van der Waals surface area contributed by atoms with E-state index in [9.17, 15) is 4.79 Å². The number of rotatable bonds is 7. The van der Waals surface area contributed by atoms with Crippen molar-refractivity contribution in [2.45, 2.75) is 38.6 Å². The lowest BCUT2D eigenvalue weighted by molar-refractivity contribution is -0.132. The number of fused-ring (bicyclic) bond motifs is 1. The largest absolute Gasteiger partial charge is 0.345 e. The molecule has 1 amide bonds. The van der Waals surface area contributed by atoms with Crippen LogP contribution in [-0.4, -0.2) is 52.9 Å². The second-order valence-corrected chi connectivity index (χ2v) is 7.25. The molecule has 3 rings (SSSR count). The average molecular weight is 340 g/mol. The lowest BCUT2D eigenvalue weighted by Gasteiger charge is -2.25. The molecular formula is C20H28N4O. The molecule has 0 spiro atoms. The molecule has 1 N–H and O–H groups in total. The predicted molar refractivity (Wildman–Crippen MR) is 99.4 cm³/mol. The summed E-state index contributed by atoms with van der Waals surface area (Å²) in [6.07, 6.45) is 4.59. The average Bonchev–Trinajstić information content (AvgIpc) is 3.18. The maximum absolute atomic E-state index is 13.0. The highest BCUT2D eigenvalue weighted by Gasteiger charge is 2.26. The van der Waals surface area contributed by atoms with Crippen molar-refractivity contribution in [2.75, 3.05) is 27.2 Å². The molecule has 1 aromatic carbocycles. The summed E-state index contributed by atoms with van der Waals surface area (Å²) in [6.45, 7) is 4.13. The Kier molecular flexibility index (Phi) is 5.53. The molecule has 0 bridgehead atoms. The third-order valence-corrected chi connectivity index (χ3v) is 4.96. The molecule has 5 nitrogen and oxygen atoms in total. The number of imidazole rings is 1. The van der Waals surface area contributed by atoms with Crippen molar-refractivity contribution in [1.82, 2.24) is 19.8 Å². The number of hydrogen-bond donors (Lipinski definition) is 1. The van der Waals surface area contributed by atoms with Gasteiger partial charge >= 0.3 is 0 Å². The Labute approximate surface area is 150 Å². The van der Waals surface area contributed by atoms with Crippen molar-refractivity contribution in [3.8, 4) is 0 Å². The number of H-pyrrole nitrogens is 1. The van der Waals surface area contributed by atoms with E-state index in [4.69, 9.17) is 0 Å². The zero-order valence-corrected chi connectivity index (χ0v) is 15.5. The highest BCUT2D eigenvalue weighted by molar-refractivity contribution is 5.77. The van der Waals surface area contributed by atoms with E-state index in [-0.39, 0.29) is 5.91 Å². The Bertz CT molecular complexity index is 722. The summed E-state index contributed by atoms with van der Waals surface area (Å²) in [5, 5.41) is 0. The second-order valence-electron chi connectivity index (χ2n) is 7.25. The van der Waals surface area contributed by atoms with Crippen LogP contribution in [0.4, 0.5) is 0 Å². The van der Waals surface area contributed by atoms with Crippen LogP contribution in [0.15, 0.2) is 30.5 Å². The zero-order chi connectivity index (χ0) is 17.8. The van der Waals surface area contributed by atoms with Crippen molar-refractivity contribution in [3.63, 3.8) is 0 Å². The number of nitrogens with one attached hydrogen (secondary N) is 1. The summed E-state index contributed by atoms with van der Waals surface area (Å²) >= 11 is 0. The molecule has 0 saturated carbocycles. The first-order valence-corrected chi connectivity index (χ1v) is 9.03. The van der Waals surface area contributed by atoms with Gasteiger partial charge in [0.1, 0.15) is 5.82 Å². The van der Waals surface area contributed by atoms with Gasteiger partial charge in [0.05, 0.1) is 18.4 Å². The van der Waals surface area contributed by atoms with E-state index in [0.717, 1.165) is 37.4 Å². The van der Waals surface area contributed by atoms with E-state index in [1.165, 1.54) is 11.1 Å². The standard InChI is InChI=1S/C20H28N4O/c1-15-21-13-18(22-15)14-24(11-10-23(2)3)20(25)12-17-9-8-16-6-4-5-7-19(16)17/h4-7,13,17H,8-12,14H2,1-3H3,(H,21,22). The second kappa shape index (κ2) is 7.83. The molecule has 1 aliphatic rings. The van der Waals surface area contributed by atoms with Gasteiger partial charge in [-0.05, 0) is 50.9 Å². The van der Waals surface area contributed by atoms with Gasteiger partial charge in [-0.2, -0.15) is 0 Å². The molecular weight excluding hydrogens is 312 g/mol. The molecule has 1 heterocycles. The van der Waals surface area contributed by atoms with E-state index in [2.05, 4.69) is 39.1 Å². The minimum atomic E-state index is 0.232. The fourth-order valence-electron chi connectivity index (χ4n) is 3.57. The van der Waals surface area contributed by atoms with Gasteiger partial charge in [0.25, 0.3) is 0 Å². The first-order valence-electron chi connectivity index (χ1n) is 9.03. The Morgan fingerprint density at radius 3 is 2.80 bits per heavy atom. The van der Waals surface area contributed by atoms with Gasteiger partial charge in [0.15, 0.2) is 0 Å². The van der Waals surface area contributed by atoms with Gasteiger partial charge in [-0.1, -0.05) is 24.3 Å². The molecule has 0 radical (unpaired) electrons. The molecule has 1 unspecified atom stereocenters. The van der Waals surface area contributed by atoms with Gasteiger partial charge in [-0.25, -0.2) is 4.98 Å². The van der Waals surface area contributed by atoms with Gasteiger partial charge < -0.3 is 14.8 Å². The maximum Gasteiger partial charge on any atom is 0.223 e. The van der Waals surface area contributed by atoms with Gasteiger partial charge in [-0.15, -0.1) is 0 Å². The number of likely N-dealkylation sites (N-methyl/N-ethyl adjacent to an activating group) is 1. The van der Waals surface area contributed by atoms with Gasteiger partial charge in [-0.3, -0.25) is 4.79 Å². The molecule has 1 aromatic heterocycles. The van der Waals surface area contributed by atoms with E-state index in [1.54, 1.807) is 0 Å². The van der Waals surface area contributed by atoms with Crippen molar-refractivity contribution >= 4 is 5.91 Å². The van der Waals surface area contributed by atoms with Gasteiger partial charge in [0.2, 0.25) is 5.91 Å². The minimum absolute atomic E-state index is 0.232. The number of benzene rings is 1. The van der Waals surface area contributed by atoms with Crippen LogP contribution >= 0.6 is 0 Å². The first-order chi connectivity index (χ1) is 12.0. The molecule has 0 fully saturated rings. The zero-order valence-electron chi connectivity index (χ0n) is 15.5. The third-order valence-electron chi connectivity index (χ3n) is 4.96. The Hall–Kier alpha value is -2.14. The fraction of sp³-hybridized carbons (Fsp3) is 0.500. The highest BCUT2D eigenvalue weighted by Crippen LogP contribution is 2.35. The van der Waals surface area contributed by atoms with Crippen LogP contribution in [0.25, 0.3) is 0 Å². The normalized spacial score (nSPS) is 16.2. The first kappa shape index (κ1) is 17.7. The predicted octanol–water partition coefficient (Wildman–Crippen LogP) is 2.73. The molecule has 1 atom stereocenters. The van der Waals surface area contributed by atoms with Crippen LogP contribution < -0.4 is 0 Å². The van der Waals surface area contributed by atoms with Crippen molar-refractivity contribution in [2.24, 2.45) is 0 Å². The monoisotopic (exact) mass is 340 g/mol. The number of aromatic amines is 1. The number of aryl methyl sites for hydroxylation is 2. The minimum Gasteiger partial charge on any atom is -0.345 e. The van der Waals surface area contributed by atoms with Crippen LogP contribution in [0.5, 0.6) is 0 Å². The number of hydrogen-bond acceptors (Lipinski definition) is 3. The number of carbonyl (C=O) groups is 1. The van der Waals surface area contributed by atoms with Crippen LogP contribution in [0.3, 0.4) is 0 Å². The molecule has 5 heteroatoms. The van der Waals surface area contributed by atoms with Crippen LogP contribution in [-0.2, 0) is 17.8 Å². The number of carbonyl (C=O) groups excluding carboxylic acids is 1. The van der Waals surface area contributed by atoms with Crippen LogP contribution in [0.1, 0.15) is 41.4 Å². The number of amides is 1. The fourth-order valence-corrected chi connectivity index (χ4v) is 3.57. The summed E-state index contributed by atoms with van der Waals surface area (Å²) < 4.78 is 0. The maximum atomic E-state index is 13.0. The van der Waals surface area contributed by atoms with E-state index >= 15 is 0 Å². The Balaban J connectivity index is 1.68. The van der Waals surface area contributed by atoms with E-state index in [0.29, 0.717) is 18.9 Å². The Morgan fingerprint density at radius 1 is 1.28 bits per heavy atom. The molecule has 25 heavy (non-hydrogen) atoms. The van der Waals surface area contributed by atoms with Crippen LogP contribution in [0.2, 0.25) is 0 Å². The smallest absolute Gasteiger partial charge is 0.223 e. The SMILES string of the molecule is Cc1ncc(CN(CCN(C)C)C(=O)CC2CCc3ccccc32)[nH]1.